The largest absolute Gasteiger partial charge is 0.455 e. The first-order chi connectivity index (χ1) is 8.20. The molecule has 0 aliphatic heterocycles. The van der Waals surface area contributed by atoms with Crippen molar-refractivity contribution in [3.63, 3.8) is 0 Å². The van der Waals surface area contributed by atoms with Gasteiger partial charge in [-0.25, -0.2) is 4.39 Å². The van der Waals surface area contributed by atoms with Gasteiger partial charge in [-0.2, -0.15) is 0 Å². The van der Waals surface area contributed by atoms with Crippen molar-refractivity contribution in [3.05, 3.63) is 53.8 Å². The highest BCUT2D eigenvalue weighted by molar-refractivity contribution is 5.54. The number of nitrogens with two attached hydrogens (primary N) is 1. The Bertz CT molecular complexity index is 525. The lowest BCUT2D eigenvalue weighted by Gasteiger charge is -2.11. The van der Waals surface area contributed by atoms with Gasteiger partial charge in [0.1, 0.15) is 11.6 Å². The number of ether oxygens (including phenoxy) is 1. The van der Waals surface area contributed by atoms with E-state index in [-0.39, 0.29) is 5.82 Å². The maximum atomic E-state index is 13.1. The molecule has 0 saturated heterocycles. The third kappa shape index (κ3) is 2.56. The van der Waals surface area contributed by atoms with Gasteiger partial charge in [0.25, 0.3) is 0 Å². The number of rotatable bonds is 3. The number of benzene rings is 2. The lowest BCUT2D eigenvalue weighted by atomic mass is 10.1. The minimum absolute atomic E-state index is 0.353. The number of aryl methyl sites for hydroxylation is 1. The second-order valence-corrected chi connectivity index (χ2v) is 3.75. The molecule has 0 atom stereocenters. The Morgan fingerprint density at radius 3 is 2.65 bits per heavy atom. The van der Waals surface area contributed by atoms with E-state index in [0.717, 1.165) is 12.0 Å². The van der Waals surface area contributed by atoms with Crippen LogP contribution in [0.2, 0.25) is 0 Å². The number of hydrogen-bond donors (Lipinski definition) is 1. The summed E-state index contributed by atoms with van der Waals surface area (Å²) < 4.78 is 18.7. The molecular formula is C14H14FNO. The molecule has 88 valence electrons. The van der Waals surface area contributed by atoms with E-state index in [0.29, 0.717) is 17.2 Å². The van der Waals surface area contributed by atoms with Crippen molar-refractivity contribution in [2.24, 2.45) is 0 Å². The smallest absolute Gasteiger partial charge is 0.153 e. The van der Waals surface area contributed by atoms with Gasteiger partial charge in [0.05, 0.1) is 5.69 Å². The van der Waals surface area contributed by atoms with E-state index in [1.54, 1.807) is 0 Å². The number of hydrogen-bond acceptors (Lipinski definition) is 2. The average molecular weight is 231 g/mol. The zero-order chi connectivity index (χ0) is 12.3. The molecule has 0 aliphatic carbocycles. The summed E-state index contributed by atoms with van der Waals surface area (Å²) in [5, 5.41) is 0. The fourth-order valence-corrected chi connectivity index (χ4v) is 1.61. The van der Waals surface area contributed by atoms with Gasteiger partial charge in [0, 0.05) is 6.07 Å². The monoisotopic (exact) mass is 231 g/mol. The van der Waals surface area contributed by atoms with Crippen molar-refractivity contribution in [1.29, 1.82) is 0 Å². The quantitative estimate of drug-likeness (QED) is 0.816. The predicted octanol–water partition coefficient (Wildman–Crippen LogP) is 3.76. The SMILES string of the molecule is CCc1ccccc1Oc1cc(F)ccc1N. The highest BCUT2D eigenvalue weighted by atomic mass is 19.1. The van der Waals surface area contributed by atoms with E-state index in [4.69, 9.17) is 10.5 Å². The summed E-state index contributed by atoms with van der Waals surface area (Å²) in [6.07, 6.45) is 0.853. The summed E-state index contributed by atoms with van der Waals surface area (Å²) >= 11 is 0. The zero-order valence-electron chi connectivity index (χ0n) is 9.61. The van der Waals surface area contributed by atoms with Crippen LogP contribution in [0.25, 0.3) is 0 Å². The Balaban J connectivity index is 2.34. The molecule has 3 heteroatoms. The minimum Gasteiger partial charge on any atom is -0.455 e. The van der Waals surface area contributed by atoms with E-state index in [2.05, 4.69) is 0 Å². The molecule has 2 aromatic carbocycles. The van der Waals surface area contributed by atoms with Crippen LogP contribution in [-0.2, 0) is 6.42 Å². The first kappa shape index (κ1) is 11.5. The lowest BCUT2D eigenvalue weighted by molar-refractivity contribution is 0.473. The van der Waals surface area contributed by atoms with Crippen LogP contribution in [0.1, 0.15) is 12.5 Å². The van der Waals surface area contributed by atoms with Crippen molar-refractivity contribution in [2.75, 3.05) is 5.73 Å². The van der Waals surface area contributed by atoms with Crippen molar-refractivity contribution in [1.82, 2.24) is 0 Å². The average Bonchev–Trinajstić information content (AvgIpc) is 2.34. The molecule has 0 bridgehead atoms. The predicted molar refractivity (Wildman–Crippen MR) is 66.7 cm³/mol. The molecule has 0 aliphatic rings. The van der Waals surface area contributed by atoms with Crippen LogP contribution in [0.5, 0.6) is 11.5 Å². The van der Waals surface area contributed by atoms with Crippen molar-refractivity contribution >= 4 is 5.69 Å². The summed E-state index contributed by atoms with van der Waals surface area (Å²) in [7, 11) is 0. The second-order valence-electron chi connectivity index (χ2n) is 3.75. The molecule has 2 aromatic rings. The molecule has 0 unspecified atom stereocenters. The van der Waals surface area contributed by atoms with Gasteiger partial charge in [-0.3, -0.25) is 0 Å². The van der Waals surface area contributed by atoms with Crippen LogP contribution >= 0.6 is 0 Å². The summed E-state index contributed by atoms with van der Waals surface area (Å²) in [4.78, 5) is 0. The van der Waals surface area contributed by atoms with Gasteiger partial charge in [-0.05, 0) is 30.2 Å². The van der Waals surface area contributed by atoms with Crippen molar-refractivity contribution in [2.45, 2.75) is 13.3 Å². The Morgan fingerprint density at radius 1 is 1.12 bits per heavy atom. The Kier molecular flexibility index (Phi) is 3.28. The van der Waals surface area contributed by atoms with Gasteiger partial charge in [-0.15, -0.1) is 0 Å². The van der Waals surface area contributed by atoms with Crippen LogP contribution in [0.4, 0.5) is 10.1 Å². The fourth-order valence-electron chi connectivity index (χ4n) is 1.61. The molecule has 0 heterocycles. The molecular weight excluding hydrogens is 217 g/mol. The molecule has 2 rings (SSSR count). The number of nitrogen functional groups attached to an aromatic ring is 1. The molecule has 17 heavy (non-hydrogen) atoms. The van der Waals surface area contributed by atoms with Gasteiger partial charge >= 0.3 is 0 Å². The number of anilines is 1. The Labute approximate surface area is 99.8 Å². The van der Waals surface area contributed by atoms with E-state index in [9.17, 15) is 4.39 Å². The molecule has 0 aromatic heterocycles. The molecule has 0 spiro atoms. The van der Waals surface area contributed by atoms with E-state index >= 15 is 0 Å². The van der Waals surface area contributed by atoms with Gasteiger partial charge in [0.15, 0.2) is 5.75 Å². The summed E-state index contributed by atoms with van der Waals surface area (Å²) in [6.45, 7) is 2.04. The molecule has 2 N–H and O–H groups in total. The van der Waals surface area contributed by atoms with E-state index in [1.165, 1.54) is 18.2 Å². The first-order valence-corrected chi connectivity index (χ1v) is 5.51. The van der Waals surface area contributed by atoms with Crippen LogP contribution < -0.4 is 10.5 Å². The van der Waals surface area contributed by atoms with Crippen molar-refractivity contribution in [3.8, 4) is 11.5 Å². The first-order valence-electron chi connectivity index (χ1n) is 5.51. The molecule has 0 fully saturated rings. The van der Waals surface area contributed by atoms with E-state index < -0.39 is 0 Å². The van der Waals surface area contributed by atoms with Crippen LogP contribution in [0.3, 0.4) is 0 Å². The molecule has 0 saturated carbocycles. The van der Waals surface area contributed by atoms with Crippen LogP contribution in [0, 0.1) is 5.82 Å². The number of halogens is 1. The normalized spacial score (nSPS) is 10.2. The van der Waals surface area contributed by atoms with Gasteiger partial charge in [-0.1, -0.05) is 25.1 Å². The lowest BCUT2D eigenvalue weighted by Crippen LogP contribution is -1.95. The zero-order valence-corrected chi connectivity index (χ0v) is 9.61. The summed E-state index contributed by atoms with van der Waals surface area (Å²) in [5.74, 6) is 0.710. The van der Waals surface area contributed by atoms with Crippen LogP contribution in [-0.4, -0.2) is 0 Å². The summed E-state index contributed by atoms with van der Waals surface area (Å²) in [5.41, 5.74) is 7.23. The summed E-state index contributed by atoms with van der Waals surface area (Å²) in [6, 6.07) is 11.8. The second kappa shape index (κ2) is 4.87. The number of para-hydroxylation sites is 1. The van der Waals surface area contributed by atoms with Gasteiger partial charge < -0.3 is 10.5 Å². The maximum Gasteiger partial charge on any atom is 0.153 e. The molecule has 0 radical (unpaired) electrons. The van der Waals surface area contributed by atoms with Gasteiger partial charge in [0.2, 0.25) is 0 Å². The highest BCUT2D eigenvalue weighted by Gasteiger charge is 2.06. The third-order valence-corrected chi connectivity index (χ3v) is 2.55. The fraction of sp³-hybridized carbons (Fsp3) is 0.143. The molecule has 2 nitrogen and oxygen atoms in total. The maximum absolute atomic E-state index is 13.1. The highest BCUT2D eigenvalue weighted by Crippen LogP contribution is 2.30. The van der Waals surface area contributed by atoms with Crippen molar-refractivity contribution < 1.29 is 9.13 Å². The Hall–Kier alpha value is -2.03. The third-order valence-electron chi connectivity index (χ3n) is 2.55. The topological polar surface area (TPSA) is 35.2 Å². The van der Waals surface area contributed by atoms with Crippen LogP contribution in [0.15, 0.2) is 42.5 Å². The minimum atomic E-state index is -0.358. The van der Waals surface area contributed by atoms with E-state index in [1.807, 2.05) is 31.2 Å². The molecule has 0 amide bonds. The standard InChI is InChI=1S/C14H14FNO/c1-2-10-5-3-4-6-13(10)17-14-9-11(15)7-8-12(14)16/h3-9H,2,16H2,1H3. The Morgan fingerprint density at radius 2 is 1.88 bits per heavy atom.